The molecule has 5 heteroatoms. The number of piperazine rings is 1. The highest BCUT2D eigenvalue weighted by atomic mass is 16.5. The van der Waals surface area contributed by atoms with E-state index in [9.17, 15) is 4.79 Å². The fraction of sp³-hybridized carbons (Fsp3) is 0.250. The van der Waals surface area contributed by atoms with Crippen LogP contribution in [0.5, 0.6) is 0 Å². The smallest absolute Gasteiger partial charge is 0.260 e. The van der Waals surface area contributed by atoms with Gasteiger partial charge in [0.15, 0.2) is 0 Å². The lowest BCUT2D eigenvalue weighted by atomic mass is 10.0. The Labute approximate surface area is 171 Å². The van der Waals surface area contributed by atoms with E-state index in [0.717, 1.165) is 38.3 Å². The molecule has 2 aromatic carbocycles. The first-order valence-corrected chi connectivity index (χ1v) is 10.1. The molecular formula is C24H26N3O2+. The van der Waals surface area contributed by atoms with Gasteiger partial charge in [0.2, 0.25) is 0 Å². The van der Waals surface area contributed by atoms with Crippen LogP contribution in [0.2, 0.25) is 0 Å². The molecule has 1 aliphatic heterocycles. The van der Waals surface area contributed by atoms with Crippen molar-refractivity contribution in [3.8, 4) is 11.3 Å². The quantitative estimate of drug-likeness (QED) is 0.731. The maximum Gasteiger partial charge on any atom is 0.260 e. The molecule has 1 amide bonds. The van der Waals surface area contributed by atoms with Crippen LogP contribution in [0.15, 0.2) is 71.3 Å². The molecule has 0 aliphatic carbocycles. The van der Waals surface area contributed by atoms with Crippen LogP contribution in [0.4, 0.5) is 0 Å². The predicted octanol–water partition coefficient (Wildman–Crippen LogP) is 2.70. The SMILES string of the molecule is Cc1onc(-c2ccccc2)c1C(=O)N1CC[NH+](C/C=C/c2ccccc2)CC1. The van der Waals surface area contributed by atoms with Crippen LogP contribution in [-0.4, -0.2) is 48.7 Å². The van der Waals surface area contributed by atoms with E-state index in [2.05, 4.69) is 29.4 Å². The lowest BCUT2D eigenvalue weighted by Crippen LogP contribution is -3.14. The maximum absolute atomic E-state index is 13.2. The first kappa shape index (κ1) is 19.2. The van der Waals surface area contributed by atoms with Gasteiger partial charge < -0.3 is 14.3 Å². The molecule has 3 aromatic rings. The van der Waals surface area contributed by atoms with Crippen molar-refractivity contribution in [2.75, 3.05) is 32.7 Å². The van der Waals surface area contributed by atoms with E-state index < -0.39 is 0 Å². The van der Waals surface area contributed by atoms with Crippen molar-refractivity contribution in [3.63, 3.8) is 0 Å². The van der Waals surface area contributed by atoms with Gasteiger partial charge in [0.05, 0.1) is 32.7 Å². The summed E-state index contributed by atoms with van der Waals surface area (Å²) in [4.78, 5) is 16.6. The molecule has 0 saturated carbocycles. The Kier molecular flexibility index (Phi) is 5.86. The summed E-state index contributed by atoms with van der Waals surface area (Å²) < 4.78 is 5.37. The van der Waals surface area contributed by atoms with E-state index in [-0.39, 0.29) is 5.91 Å². The maximum atomic E-state index is 13.2. The number of nitrogens with zero attached hydrogens (tertiary/aromatic N) is 2. The minimum Gasteiger partial charge on any atom is -0.360 e. The molecular weight excluding hydrogens is 362 g/mol. The second-order valence-electron chi connectivity index (χ2n) is 7.39. The van der Waals surface area contributed by atoms with Crippen molar-refractivity contribution in [3.05, 3.63) is 83.6 Å². The number of quaternary nitrogens is 1. The molecule has 0 spiro atoms. The van der Waals surface area contributed by atoms with Gasteiger partial charge in [-0.15, -0.1) is 0 Å². The van der Waals surface area contributed by atoms with Crippen molar-refractivity contribution in [2.24, 2.45) is 0 Å². The molecule has 0 radical (unpaired) electrons. The molecule has 0 atom stereocenters. The number of benzene rings is 2. The highest BCUT2D eigenvalue weighted by Gasteiger charge is 2.29. The summed E-state index contributed by atoms with van der Waals surface area (Å²) in [5.74, 6) is 0.593. The standard InChI is InChI=1S/C24H25N3O2/c1-19-22(23(25-29-19)21-12-6-3-7-13-21)24(28)27-17-15-26(16-18-27)14-8-11-20-9-4-2-5-10-20/h2-13H,14-18H2,1H3/p+1/b11-8+. The van der Waals surface area contributed by atoms with Gasteiger partial charge in [0.1, 0.15) is 17.0 Å². The van der Waals surface area contributed by atoms with E-state index in [1.165, 1.54) is 10.5 Å². The van der Waals surface area contributed by atoms with Gasteiger partial charge in [0.25, 0.3) is 5.91 Å². The topological polar surface area (TPSA) is 50.8 Å². The zero-order chi connectivity index (χ0) is 20.1. The number of aryl methyl sites for hydroxylation is 1. The van der Waals surface area contributed by atoms with Gasteiger partial charge in [-0.1, -0.05) is 71.9 Å². The number of carbonyl (C=O) groups is 1. The van der Waals surface area contributed by atoms with Gasteiger partial charge >= 0.3 is 0 Å². The van der Waals surface area contributed by atoms with Crippen molar-refractivity contribution in [1.82, 2.24) is 10.1 Å². The molecule has 148 valence electrons. The van der Waals surface area contributed by atoms with Crippen LogP contribution in [0.25, 0.3) is 17.3 Å². The summed E-state index contributed by atoms with van der Waals surface area (Å²) in [7, 11) is 0. The summed E-state index contributed by atoms with van der Waals surface area (Å²) in [5.41, 5.74) is 3.34. The Morgan fingerprint density at radius 3 is 2.41 bits per heavy atom. The van der Waals surface area contributed by atoms with Gasteiger partial charge in [-0.25, -0.2) is 0 Å². The molecule has 0 unspecified atom stereocenters. The Hall–Kier alpha value is -3.18. The fourth-order valence-electron chi connectivity index (χ4n) is 3.73. The lowest BCUT2D eigenvalue weighted by molar-refractivity contribution is -0.898. The van der Waals surface area contributed by atoms with E-state index >= 15 is 0 Å². The molecule has 1 aliphatic rings. The average molecular weight is 388 g/mol. The van der Waals surface area contributed by atoms with Crippen molar-refractivity contribution >= 4 is 12.0 Å². The molecule has 4 rings (SSSR count). The largest absolute Gasteiger partial charge is 0.360 e. The Bertz CT molecular complexity index is 972. The number of hydrogen-bond acceptors (Lipinski definition) is 3. The number of rotatable bonds is 5. The first-order valence-electron chi connectivity index (χ1n) is 10.1. The van der Waals surface area contributed by atoms with E-state index in [4.69, 9.17) is 4.52 Å². The highest BCUT2D eigenvalue weighted by Crippen LogP contribution is 2.26. The molecule has 1 fully saturated rings. The third-order valence-corrected chi connectivity index (χ3v) is 5.40. The van der Waals surface area contributed by atoms with E-state index in [0.29, 0.717) is 17.0 Å². The van der Waals surface area contributed by atoms with E-state index in [1.807, 2.05) is 60.4 Å². The number of aromatic nitrogens is 1. The molecule has 2 heterocycles. The normalized spacial score (nSPS) is 15.1. The van der Waals surface area contributed by atoms with Gasteiger partial charge in [-0.3, -0.25) is 4.79 Å². The van der Waals surface area contributed by atoms with Crippen molar-refractivity contribution in [2.45, 2.75) is 6.92 Å². The minimum absolute atomic E-state index is 0.0153. The third kappa shape index (κ3) is 4.46. The van der Waals surface area contributed by atoms with Crippen LogP contribution >= 0.6 is 0 Å². The molecule has 1 saturated heterocycles. The third-order valence-electron chi connectivity index (χ3n) is 5.40. The molecule has 0 bridgehead atoms. The Morgan fingerprint density at radius 1 is 1.07 bits per heavy atom. The Balaban J connectivity index is 1.38. The molecule has 29 heavy (non-hydrogen) atoms. The first-order chi connectivity index (χ1) is 14.2. The summed E-state index contributed by atoms with van der Waals surface area (Å²) in [6, 6.07) is 20.1. The highest BCUT2D eigenvalue weighted by molar-refractivity contribution is 6.00. The summed E-state index contributed by atoms with van der Waals surface area (Å²) >= 11 is 0. The average Bonchev–Trinajstić information content (AvgIpc) is 3.16. The zero-order valence-corrected chi connectivity index (χ0v) is 16.7. The summed E-state index contributed by atoms with van der Waals surface area (Å²) in [6.45, 7) is 6.14. The number of nitrogens with one attached hydrogen (secondary N) is 1. The van der Waals surface area contributed by atoms with Crippen LogP contribution in [0.3, 0.4) is 0 Å². The van der Waals surface area contributed by atoms with Gasteiger partial charge in [-0.05, 0) is 18.6 Å². The monoisotopic (exact) mass is 388 g/mol. The zero-order valence-electron chi connectivity index (χ0n) is 16.7. The van der Waals surface area contributed by atoms with Crippen molar-refractivity contribution in [1.29, 1.82) is 0 Å². The lowest BCUT2D eigenvalue weighted by Gasteiger charge is -2.31. The van der Waals surface area contributed by atoms with Crippen LogP contribution in [-0.2, 0) is 0 Å². The van der Waals surface area contributed by atoms with Crippen LogP contribution in [0.1, 0.15) is 21.7 Å². The molecule has 1 aromatic heterocycles. The van der Waals surface area contributed by atoms with Crippen LogP contribution in [0, 0.1) is 6.92 Å². The van der Waals surface area contributed by atoms with E-state index in [1.54, 1.807) is 0 Å². The Morgan fingerprint density at radius 2 is 1.72 bits per heavy atom. The fourth-order valence-corrected chi connectivity index (χ4v) is 3.73. The summed E-state index contributed by atoms with van der Waals surface area (Å²) in [5, 5.41) is 4.15. The number of carbonyl (C=O) groups excluding carboxylic acids is 1. The second kappa shape index (κ2) is 8.88. The van der Waals surface area contributed by atoms with Gasteiger partial charge in [0, 0.05) is 5.56 Å². The summed E-state index contributed by atoms with van der Waals surface area (Å²) in [6.07, 6.45) is 4.39. The van der Waals surface area contributed by atoms with Gasteiger partial charge in [-0.2, -0.15) is 0 Å². The predicted molar refractivity (Wildman–Crippen MR) is 114 cm³/mol. The van der Waals surface area contributed by atoms with Crippen molar-refractivity contribution < 1.29 is 14.2 Å². The number of hydrogen-bond donors (Lipinski definition) is 1. The van der Waals surface area contributed by atoms with Crippen LogP contribution < -0.4 is 4.90 Å². The minimum atomic E-state index is 0.0153. The second-order valence-corrected chi connectivity index (χ2v) is 7.39. The number of amides is 1. The molecule has 1 N–H and O–H groups in total. The molecule has 5 nitrogen and oxygen atoms in total.